The van der Waals surface area contributed by atoms with Crippen molar-refractivity contribution in [2.24, 2.45) is 0 Å². The van der Waals surface area contributed by atoms with E-state index in [0.29, 0.717) is 5.69 Å². The fourth-order valence-electron chi connectivity index (χ4n) is 1.46. The zero-order valence-corrected chi connectivity index (χ0v) is 10.8. The Bertz CT molecular complexity index is 750. The van der Waals surface area contributed by atoms with Crippen LogP contribution in [0.3, 0.4) is 0 Å². The van der Waals surface area contributed by atoms with Gasteiger partial charge in [0.2, 0.25) is 0 Å². The van der Waals surface area contributed by atoms with Crippen molar-refractivity contribution in [2.45, 2.75) is 11.8 Å². The van der Waals surface area contributed by atoms with E-state index < -0.39 is 10.0 Å². The van der Waals surface area contributed by atoms with Crippen LogP contribution in [0.5, 0.6) is 0 Å². The summed E-state index contributed by atoms with van der Waals surface area (Å²) in [5.74, 6) is 0. The minimum absolute atomic E-state index is 0.142. The monoisotopic (exact) mass is 274 g/mol. The Balaban J connectivity index is 2.45. The van der Waals surface area contributed by atoms with Gasteiger partial charge in [0, 0.05) is 12.4 Å². The average Bonchev–Trinajstić information content (AvgIpc) is 2.41. The number of hydrogen-bond donors (Lipinski definition) is 1. The lowest BCUT2D eigenvalue weighted by Gasteiger charge is -2.10. The van der Waals surface area contributed by atoms with Gasteiger partial charge in [-0.2, -0.15) is 5.26 Å². The van der Waals surface area contributed by atoms with Gasteiger partial charge in [-0.05, 0) is 30.7 Å². The van der Waals surface area contributed by atoms with Gasteiger partial charge in [0.05, 0.1) is 11.9 Å². The van der Waals surface area contributed by atoms with Crippen molar-refractivity contribution in [1.29, 1.82) is 5.26 Å². The third-order valence-electron chi connectivity index (χ3n) is 2.45. The van der Waals surface area contributed by atoms with E-state index in [1.807, 2.05) is 0 Å². The molecule has 2 heterocycles. The highest BCUT2D eigenvalue weighted by molar-refractivity contribution is 7.92. The first-order valence-corrected chi connectivity index (χ1v) is 6.81. The molecule has 0 atom stereocenters. The summed E-state index contributed by atoms with van der Waals surface area (Å²) in [4.78, 5) is 7.44. The van der Waals surface area contributed by atoms with Crippen LogP contribution in [-0.2, 0) is 10.0 Å². The molecule has 6 nitrogen and oxygen atoms in total. The minimum atomic E-state index is -3.85. The molecule has 0 radical (unpaired) electrons. The van der Waals surface area contributed by atoms with Crippen LogP contribution in [0, 0.1) is 18.3 Å². The molecular weight excluding hydrogens is 264 g/mol. The van der Waals surface area contributed by atoms with Crippen LogP contribution in [0.2, 0.25) is 0 Å². The lowest BCUT2D eigenvalue weighted by Crippen LogP contribution is -2.15. The first-order chi connectivity index (χ1) is 9.04. The average molecular weight is 274 g/mol. The minimum Gasteiger partial charge on any atom is -0.278 e. The second-order valence-corrected chi connectivity index (χ2v) is 5.41. The maximum absolute atomic E-state index is 12.2. The summed E-state index contributed by atoms with van der Waals surface area (Å²) < 4.78 is 26.8. The molecule has 0 amide bonds. The summed E-state index contributed by atoms with van der Waals surface area (Å²) in [6, 6.07) is 6.24. The van der Waals surface area contributed by atoms with Crippen molar-refractivity contribution < 1.29 is 8.42 Å². The number of sulfonamides is 1. The Morgan fingerprint density at radius 2 is 2.11 bits per heavy atom. The van der Waals surface area contributed by atoms with E-state index in [9.17, 15) is 8.42 Å². The fraction of sp³-hybridized carbons (Fsp3) is 0.0833. The number of pyridine rings is 2. The molecule has 0 aromatic carbocycles. The molecule has 19 heavy (non-hydrogen) atoms. The molecule has 0 fully saturated rings. The Kier molecular flexibility index (Phi) is 3.44. The van der Waals surface area contributed by atoms with E-state index in [4.69, 9.17) is 5.26 Å². The predicted octanol–water partition coefficient (Wildman–Crippen LogP) is 1.46. The molecule has 0 bridgehead atoms. The quantitative estimate of drug-likeness (QED) is 0.914. The number of nitrogens with zero attached hydrogens (tertiary/aromatic N) is 3. The van der Waals surface area contributed by atoms with Crippen LogP contribution in [0.1, 0.15) is 11.3 Å². The van der Waals surface area contributed by atoms with Gasteiger partial charge in [-0.15, -0.1) is 0 Å². The normalized spacial score (nSPS) is 10.7. The molecule has 96 valence electrons. The van der Waals surface area contributed by atoms with E-state index in [-0.39, 0.29) is 10.6 Å². The largest absolute Gasteiger partial charge is 0.278 e. The number of nitrogens with one attached hydrogen (secondary N) is 1. The second kappa shape index (κ2) is 5.04. The maximum atomic E-state index is 12.2. The molecular formula is C12H10N4O2S. The lowest BCUT2D eigenvalue weighted by atomic mass is 10.3. The Morgan fingerprint density at radius 1 is 1.32 bits per heavy atom. The second-order valence-electron chi connectivity index (χ2n) is 3.76. The third-order valence-corrected chi connectivity index (χ3v) is 3.85. The van der Waals surface area contributed by atoms with Gasteiger partial charge in [-0.1, -0.05) is 0 Å². The molecule has 2 aromatic rings. The molecule has 2 aromatic heterocycles. The van der Waals surface area contributed by atoms with E-state index in [0.717, 1.165) is 5.56 Å². The number of nitriles is 1. The maximum Gasteiger partial charge on any atom is 0.264 e. The summed E-state index contributed by atoms with van der Waals surface area (Å²) in [7, 11) is -3.85. The van der Waals surface area contributed by atoms with Crippen molar-refractivity contribution in [3.8, 4) is 6.07 Å². The van der Waals surface area contributed by atoms with Crippen LogP contribution in [-0.4, -0.2) is 18.4 Å². The summed E-state index contributed by atoms with van der Waals surface area (Å²) in [5, 5.41) is 8.89. The number of rotatable bonds is 3. The molecule has 7 heteroatoms. The first kappa shape index (κ1) is 13.0. The van der Waals surface area contributed by atoms with Crippen LogP contribution in [0.4, 0.5) is 5.69 Å². The van der Waals surface area contributed by atoms with Gasteiger partial charge in [-0.3, -0.25) is 9.71 Å². The number of aromatic nitrogens is 2. The van der Waals surface area contributed by atoms with E-state index in [2.05, 4.69) is 14.7 Å². The Morgan fingerprint density at radius 3 is 2.79 bits per heavy atom. The molecule has 1 N–H and O–H groups in total. The van der Waals surface area contributed by atoms with Gasteiger partial charge in [0.15, 0.2) is 5.69 Å². The smallest absolute Gasteiger partial charge is 0.264 e. The molecule has 0 saturated carbocycles. The zero-order chi connectivity index (χ0) is 13.9. The molecule has 0 unspecified atom stereocenters. The summed E-state index contributed by atoms with van der Waals surface area (Å²) in [6.07, 6.45) is 4.35. The number of hydrogen-bond acceptors (Lipinski definition) is 5. The number of aryl methyl sites for hydroxylation is 1. The molecule has 2 rings (SSSR count). The fourth-order valence-corrected chi connectivity index (χ4v) is 2.69. The van der Waals surface area contributed by atoms with Crippen LogP contribution in [0.15, 0.2) is 41.7 Å². The number of anilines is 1. The van der Waals surface area contributed by atoms with Gasteiger partial charge in [0.25, 0.3) is 10.0 Å². The standard InChI is InChI=1S/C12H10N4O2S/c1-9-4-6-14-8-11(9)16-19(17,18)12-3-2-5-15-10(12)7-13/h2-6,8,16H,1H3. The van der Waals surface area contributed by atoms with Crippen molar-refractivity contribution in [3.63, 3.8) is 0 Å². The lowest BCUT2D eigenvalue weighted by molar-refractivity contribution is 0.600. The Hall–Kier alpha value is -2.46. The van der Waals surface area contributed by atoms with Crippen molar-refractivity contribution in [2.75, 3.05) is 4.72 Å². The van der Waals surface area contributed by atoms with Crippen molar-refractivity contribution >= 4 is 15.7 Å². The molecule has 0 spiro atoms. The molecule has 0 aliphatic rings. The van der Waals surface area contributed by atoms with Gasteiger partial charge in [-0.25, -0.2) is 13.4 Å². The van der Waals surface area contributed by atoms with Crippen molar-refractivity contribution in [3.05, 3.63) is 48.0 Å². The SMILES string of the molecule is Cc1ccncc1NS(=O)(=O)c1cccnc1C#N. The van der Waals surface area contributed by atoms with Gasteiger partial charge >= 0.3 is 0 Å². The van der Waals surface area contributed by atoms with Crippen LogP contribution < -0.4 is 4.72 Å². The van der Waals surface area contributed by atoms with E-state index in [1.165, 1.54) is 24.5 Å². The molecule has 0 aliphatic carbocycles. The summed E-state index contributed by atoms with van der Waals surface area (Å²) >= 11 is 0. The van der Waals surface area contributed by atoms with Crippen LogP contribution in [0.25, 0.3) is 0 Å². The highest BCUT2D eigenvalue weighted by atomic mass is 32.2. The summed E-state index contributed by atoms with van der Waals surface area (Å²) in [6.45, 7) is 1.76. The van der Waals surface area contributed by atoms with Gasteiger partial charge < -0.3 is 0 Å². The van der Waals surface area contributed by atoms with Gasteiger partial charge in [0.1, 0.15) is 11.0 Å². The topological polar surface area (TPSA) is 95.7 Å². The summed E-state index contributed by atoms with van der Waals surface area (Å²) in [5.41, 5.74) is 0.966. The Labute approximate surface area is 110 Å². The highest BCUT2D eigenvalue weighted by Crippen LogP contribution is 2.19. The molecule has 0 aliphatic heterocycles. The first-order valence-electron chi connectivity index (χ1n) is 5.33. The predicted molar refractivity (Wildman–Crippen MR) is 68.7 cm³/mol. The third kappa shape index (κ3) is 2.69. The van der Waals surface area contributed by atoms with Crippen molar-refractivity contribution in [1.82, 2.24) is 9.97 Å². The highest BCUT2D eigenvalue weighted by Gasteiger charge is 2.20. The van der Waals surface area contributed by atoms with E-state index in [1.54, 1.807) is 25.3 Å². The van der Waals surface area contributed by atoms with E-state index >= 15 is 0 Å². The zero-order valence-electron chi connectivity index (χ0n) is 10.0. The van der Waals surface area contributed by atoms with Crippen LogP contribution >= 0.6 is 0 Å². The molecule has 0 saturated heterocycles.